The number of aromatic carboxylic acids is 1. The number of nitrogens with one attached hydrogen (secondary N) is 1. The molecule has 4 rings (SSSR count). The Labute approximate surface area is 171 Å². The molecule has 0 spiro atoms. The standard InChI is InChI=1S/C22H16ClN3O3/c23-17-12-16(21(27)20-15(17)4-3-11-25-20)19(26-18-5-1-2-10-24-18)13-6-8-14(9-7-13)22(28)29/h1-12,19,27H,(H,24,26)(H,28,29). The topological polar surface area (TPSA) is 95.3 Å². The number of phenols is 1. The van der Waals surface area contributed by atoms with Crippen molar-refractivity contribution < 1.29 is 15.0 Å². The van der Waals surface area contributed by atoms with E-state index in [9.17, 15) is 15.0 Å². The number of carboxylic acid groups (broad SMARTS) is 1. The van der Waals surface area contributed by atoms with E-state index in [-0.39, 0.29) is 11.3 Å². The Morgan fingerprint density at radius 2 is 1.76 bits per heavy atom. The number of fused-ring (bicyclic) bond motifs is 1. The van der Waals surface area contributed by atoms with Crippen LogP contribution >= 0.6 is 11.6 Å². The minimum Gasteiger partial charge on any atom is -0.505 e. The van der Waals surface area contributed by atoms with Gasteiger partial charge < -0.3 is 15.5 Å². The lowest BCUT2D eigenvalue weighted by molar-refractivity contribution is 0.0697. The summed E-state index contributed by atoms with van der Waals surface area (Å²) in [5, 5.41) is 24.5. The molecule has 0 saturated carbocycles. The number of aromatic hydroxyl groups is 1. The van der Waals surface area contributed by atoms with Crippen LogP contribution in [0.4, 0.5) is 5.82 Å². The van der Waals surface area contributed by atoms with Crippen molar-refractivity contribution in [3.05, 3.63) is 94.8 Å². The van der Waals surface area contributed by atoms with Gasteiger partial charge in [-0.1, -0.05) is 29.8 Å². The van der Waals surface area contributed by atoms with E-state index in [1.165, 1.54) is 12.1 Å². The molecule has 144 valence electrons. The molecule has 1 atom stereocenters. The lowest BCUT2D eigenvalue weighted by Crippen LogP contribution is -2.14. The van der Waals surface area contributed by atoms with Crippen molar-refractivity contribution in [2.24, 2.45) is 0 Å². The summed E-state index contributed by atoms with van der Waals surface area (Å²) in [5.41, 5.74) is 1.81. The van der Waals surface area contributed by atoms with Gasteiger partial charge >= 0.3 is 5.97 Å². The fourth-order valence-corrected chi connectivity index (χ4v) is 3.45. The average Bonchev–Trinajstić information content (AvgIpc) is 2.76. The van der Waals surface area contributed by atoms with E-state index in [4.69, 9.17) is 11.6 Å². The van der Waals surface area contributed by atoms with Gasteiger partial charge in [0.2, 0.25) is 0 Å². The number of nitrogens with zero attached hydrogens (tertiary/aromatic N) is 2. The van der Waals surface area contributed by atoms with Gasteiger partial charge in [-0.2, -0.15) is 0 Å². The van der Waals surface area contributed by atoms with E-state index in [2.05, 4.69) is 15.3 Å². The molecule has 2 heterocycles. The van der Waals surface area contributed by atoms with Gasteiger partial charge in [-0.3, -0.25) is 4.98 Å². The van der Waals surface area contributed by atoms with Crippen LogP contribution in [0.25, 0.3) is 10.9 Å². The second-order valence-electron chi connectivity index (χ2n) is 6.42. The summed E-state index contributed by atoms with van der Waals surface area (Å²) in [6, 6.07) is 16.6. The van der Waals surface area contributed by atoms with E-state index < -0.39 is 12.0 Å². The molecule has 0 aliphatic heterocycles. The fraction of sp³-hybridized carbons (Fsp3) is 0.0455. The van der Waals surface area contributed by atoms with Crippen LogP contribution in [0.2, 0.25) is 5.02 Å². The van der Waals surface area contributed by atoms with Crippen molar-refractivity contribution in [3.63, 3.8) is 0 Å². The van der Waals surface area contributed by atoms with Crippen LogP contribution in [0.3, 0.4) is 0 Å². The van der Waals surface area contributed by atoms with Crippen LogP contribution in [0.15, 0.2) is 73.1 Å². The molecule has 6 nitrogen and oxygen atoms in total. The van der Waals surface area contributed by atoms with E-state index >= 15 is 0 Å². The largest absolute Gasteiger partial charge is 0.505 e. The molecule has 2 aromatic heterocycles. The molecular weight excluding hydrogens is 390 g/mol. The zero-order valence-corrected chi connectivity index (χ0v) is 15.8. The summed E-state index contributed by atoms with van der Waals surface area (Å²) in [6.45, 7) is 0. The van der Waals surface area contributed by atoms with Gasteiger partial charge in [0.15, 0.2) is 0 Å². The number of anilines is 1. The van der Waals surface area contributed by atoms with Gasteiger partial charge in [-0.25, -0.2) is 9.78 Å². The quantitative estimate of drug-likeness (QED) is 0.437. The van der Waals surface area contributed by atoms with Gasteiger partial charge in [0, 0.05) is 23.3 Å². The molecule has 3 N–H and O–H groups in total. The number of rotatable bonds is 5. The predicted molar refractivity (Wildman–Crippen MR) is 112 cm³/mol. The van der Waals surface area contributed by atoms with Crippen molar-refractivity contribution in [1.29, 1.82) is 0 Å². The highest BCUT2D eigenvalue weighted by atomic mass is 35.5. The van der Waals surface area contributed by atoms with Crippen molar-refractivity contribution in [3.8, 4) is 5.75 Å². The number of halogens is 1. The second-order valence-corrected chi connectivity index (χ2v) is 6.82. The van der Waals surface area contributed by atoms with Gasteiger partial charge in [-0.15, -0.1) is 0 Å². The third kappa shape index (κ3) is 3.70. The SMILES string of the molecule is O=C(O)c1ccc(C(Nc2ccccn2)c2cc(Cl)c3cccnc3c2O)cc1. The first-order chi connectivity index (χ1) is 14.0. The summed E-state index contributed by atoms with van der Waals surface area (Å²) < 4.78 is 0. The Morgan fingerprint density at radius 1 is 1.00 bits per heavy atom. The van der Waals surface area contributed by atoms with Gasteiger partial charge in [-0.05, 0) is 48.0 Å². The number of aromatic nitrogens is 2. The lowest BCUT2D eigenvalue weighted by atomic mass is 9.95. The second kappa shape index (κ2) is 7.77. The number of benzene rings is 2. The number of hydrogen-bond donors (Lipinski definition) is 3. The molecule has 0 amide bonds. The van der Waals surface area contributed by atoms with E-state index in [0.717, 1.165) is 5.56 Å². The van der Waals surface area contributed by atoms with Crippen LogP contribution in [0.5, 0.6) is 5.75 Å². The third-order valence-corrected chi connectivity index (χ3v) is 4.92. The zero-order chi connectivity index (χ0) is 20.4. The highest BCUT2D eigenvalue weighted by molar-refractivity contribution is 6.35. The number of pyridine rings is 2. The maximum absolute atomic E-state index is 11.2. The van der Waals surface area contributed by atoms with Crippen molar-refractivity contribution in [1.82, 2.24) is 9.97 Å². The first kappa shape index (κ1) is 18.7. The highest BCUT2D eigenvalue weighted by Crippen LogP contribution is 2.39. The molecular formula is C22H16ClN3O3. The first-order valence-electron chi connectivity index (χ1n) is 8.81. The predicted octanol–water partition coefficient (Wildman–Crippen LogP) is 4.89. The molecule has 7 heteroatoms. The number of hydrogen-bond acceptors (Lipinski definition) is 5. The first-order valence-corrected chi connectivity index (χ1v) is 9.19. The average molecular weight is 406 g/mol. The van der Waals surface area contributed by atoms with Crippen molar-refractivity contribution in [2.75, 3.05) is 5.32 Å². The van der Waals surface area contributed by atoms with Crippen molar-refractivity contribution in [2.45, 2.75) is 6.04 Å². The highest BCUT2D eigenvalue weighted by Gasteiger charge is 2.22. The Hall–Kier alpha value is -3.64. The minimum atomic E-state index is -1.01. The van der Waals surface area contributed by atoms with Crippen LogP contribution in [-0.4, -0.2) is 26.2 Å². The summed E-state index contributed by atoms with van der Waals surface area (Å²) in [6.07, 6.45) is 3.24. The molecule has 0 bridgehead atoms. The molecule has 0 aliphatic carbocycles. The fourth-order valence-electron chi connectivity index (χ4n) is 3.18. The molecule has 4 aromatic rings. The Morgan fingerprint density at radius 3 is 2.45 bits per heavy atom. The Kier molecular flexibility index (Phi) is 5.01. The molecule has 0 saturated heterocycles. The molecule has 0 fully saturated rings. The Balaban J connectivity index is 1.87. The normalized spacial score (nSPS) is 11.9. The number of phenolic OH excluding ortho intramolecular Hbond substituents is 1. The number of carboxylic acids is 1. The van der Waals surface area contributed by atoms with Gasteiger partial charge in [0.25, 0.3) is 0 Å². The van der Waals surface area contributed by atoms with Gasteiger partial charge in [0.05, 0.1) is 16.6 Å². The maximum atomic E-state index is 11.2. The van der Waals surface area contributed by atoms with E-state index in [0.29, 0.717) is 27.3 Å². The molecule has 0 radical (unpaired) electrons. The lowest BCUT2D eigenvalue weighted by Gasteiger charge is -2.22. The van der Waals surface area contributed by atoms with Crippen LogP contribution < -0.4 is 5.32 Å². The van der Waals surface area contributed by atoms with Gasteiger partial charge in [0.1, 0.15) is 17.1 Å². The van der Waals surface area contributed by atoms with Crippen molar-refractivity contribution >= 4 is 34.3 Å². The Bertz CT molecular complexity index is 1180. The van der Waals surface area contributed by atoms with E-state index in [1.807, 2.05) is 6.07 Å². The summed E-state index contributed by atoms with van der Waals surface area (Å²) in [4.78, 5) is 19.8. The molecule has 0 aliphatic rings. The monoisotopic (exact) mass is 405 g/mol. The molecule has 29 heavy (non-hydrogen) atoms. The summed E-state index contributed by atoms with van der Waals surface area (Å²) in [5.74, 6) is -0.413. The summed E-state index contributed by atoms with van der Waals surface area (Å²) in [7, 11) is 0. The zero-order valence-electron chi connectivity index (χ0n) is 15.1. The minimum absolute atomic E-state index is 0.000687. The van der Waals surface area contributed by atoms with Crippen LogP contribution in [-0.2, 0) is 0 Å². The number of carbonyl (C=O) groups is 1. The van der Waals surface area contributed by atoms with Crippen LogP contribution in [0.1, 0.15) is 27.5 Å². The molecule has 1 unspecified atom stereocenters. The van der Waals surface area contributed by atoms with Crippen LogP contribution in [0, 0.1) is 0 Å². The smallest absolute Gasteiger partial charge is 0.335 e. The molecule has 2 aromatic carbocycles. The third-order valence-electron chi connectivity index (χ3n) is 4.60. The summed E-state index contributed by atoms with van der Waals surface area (Å²) >= 11 is 6.46. The van der Waals surface area contributed by atoms with E-state index in [1.54, 1.807) is 54.9 Å². The maximum Gasteiger partial charge on any atom is 0.335 e.